The molecule has 0 saturated carbocycles. The van der Waals surface area contributed by atoms with Crippen molar-refractivity contribution >= 4 is 67.3 Å². The molecule has 1 heterocycles. The highest BCUT2D eigenvalue weighted by molar-refractivity contribution is 8.68. The Labute approximate surface area is 205 Å². The lowest BCUT2D eigenvalue weighted by Crippen LogP contribution is -2.36. The Morgan fingerprint density at radius 1 is 1.12 bits per heavy atom. The molecule has 0 aliphatic carbocycles. The lowest BCUT2D eigenvalue weighted by molar-refractivity contribution is -0.126. The molecule has 0 saturated heterocycles. The number of hydrogen-bond donors (Lipinski definition) is 3. The Hall–Kier alpha value is -2.41. The van der Waals surface area contributed by atoms with Gasteiger partial charge in [-0.05, 0) is 24.3 Å². The maximum Gasteiger partial charge on any atom is 0.264 e. The van der Waals surface area contributed by atoms with E-state index in [4.69, 9.17) is 16.4 Å². The molecular weight excluding hydrogens is 508 g/mol. The third kappa shape index (κ3) is 5.94. The maximum atomic E-state index is 13.2. The molecule has 0 unspecified atom stereocenters. The molecule has 0 bridgehead atoms. The van der Waals surface area contributed by atoms with E-state index in [-0.39, 0.29) is 40.4 Å². The maximum absolute atomic E-state index is 13.2. The topological polar surface area (TPSA) is 117 Å². The van der Waals surface area contributed by atoms with Crippen molar-refractivity contribution in [1.29, 1.82) is 0 Å². The predicted molar refractivity (Wildman–Crippen MR) is 133 cm³/mol. The number of sulfonamides is 1. The highest BCUT2D eigenvalue weighted by Crippen LogP contribution is 2.35. The molecule has 0 radical (unpaired) electrons. The van der Waals surface area contributed by atoms with Gasteiger partial charge in [0.15, 0.2) is 6.61 Å². The van der Waals surface area contributed by atoms with Crippen LogP contribution in [-0.2, 0) is 24.4 Å². The van der Waals surface area contributed by atoms with Gasteiger partial charge in [0, 0.05) is 36.3 Å². The summed E-state index contributed by atoms with van der Waals surface area (Å²) < 4.78 is 27.5. The van der Waals surface area contributed by atoms with Crippen LogP contribution in [0.25, 0.3) is 0 Å². The molecule has 2 aromatic rings. The molecule has 1 aliphatic heterocycles. The fraction of sp³-hybridized carbons (Fsp3) is 0.250. The Morgan fingerprint density at radius 2 is 1.82 bits per heavy atom. The number of halogens is 1. The van der Waals surface area contributed by atoms with Crippen LogP contribution in [-0.4, -0.2) is 58.4 Å². The van der Waals surface area contributed by atoms with Gasteiger partial charge in [-0.1, -0.05) is 45.7 Å². The van der Waals surface area contributed by atoms with Gasteiger partial charge < -0.3 is 15.5 Å². The fourth-order valence-corrected chi connectivity index (χ4v) is 5.33. The molecule has 2 aromatic carbocycles. The fourth-order valence-electron chi connectivity index (χ4n) is 3.09. The number of carbonyl (C=O) groups is 2. The summed E-state index contributed by atoms with van der Waals surface area (Å²) in [5.41, 5.74) is 1.50. The third-order valence-corrected chi connectivity index (χ3v) is 7.48. The third-order valence-electron chi connectivity index (χ3n) is 4.65. The summed E-state index contributed by atoms with van der Waals surface area (Å²) in [5, 5.41) is 9.61. The zero-order valence-corrected chi connectivity index (χ0v) is 20.7. The molecule has 2 N–H and O–H groups in total. The van der Waals surface area contributed by atoms with Crippen molar-refractivity contribution in [3.05, 3.63) is 58.6 Å². The number of amides is 2. The van der Waals surface area contributed by atoms with E-state index in [0.717, 1.165) is 15.1 Å². The van der Waals surface area contributed by atoms with Gasteiger partial charge in [-0.15, -0.1) is 11.7 Å². The number of nitrogens with zero attached hydrogens (tertiary/aromatic N) is 2. The number of rotatable bonds is 8. The number of carbonyl (C=O) groups excluding carboxylic acids is 2. The predicted octanol–water partition coefficient (Wildman–Crippen LogP) is 2.06. The molecule has 1 aliphatic rings. The van der Waals surface area contributed by atoms with E-state index >= 15 is 0 Å². The number of benzene rings is 2. The Bertz CT molecular complexity index is 1190. The highest BCUT2D eigenvalue weighted by Gasteiger charge is 2.33. The van der Waals surface area contributed by atoms with Crippen molar-refractivity contribution in [1.82, 2.24) is 10.6 Å². The first kappa shape index (κ1) is 25.2. The van der Waals surface area contributed by atoms with Crippen molar-refractivity contribution in [3.8, 4) is 0 Å². The van der Waals surface area contributed by atoms with Crippen LogP contribution in [0, 0.1) is 0 Å². The molecule has 176 valence electrons. The summed E-state index contributed by atoms with van der Waals surface area (Å²) in [6.07, 6.45) is 0. The van der Waals surface area contributed by atoms with E-state index in [1.54, 1.807) is 36.4 Å². The molecule has 0 atom stereocenters. The second-order valence-electron chi connectivity index (χ2n) is 6.82. The van der Waals surface area contributed by atoms with Gasteiger partial charge >= 0.3 is 0 Å². The monoisotopic (exact) mass is 528 g/mol. The standard InChI is InChI=1S/C20H21ClN4O5S3/c1-25-16-5-3-2-4-14(16)20(15-7-6-13(21)10-17(15)33(25,28)29)24-30-11-18(26)22-8-9-23-19(27)12-32-31/h2-7,10,31H,8-9,11-12H2,1H3,(H,22,26)(H,23,27)/b24-20+. The van der Waals surface area contributed by atoms with E-state index in [1.807, 2.05) is 0 Å². The zero-order chi connectivity index (χ0) is 24.0. The van der Waals surface area contributed by atoms with Crippen LogP contribution in [0.2, 0.25) is 5.02 Å². The van der Waals surface area contributed by atoms with E-state index < -0.39 is 22.5 Å². The number of nitrogens with one attached hydrogen (secondary N) is 2. The highest BCUT2D eigenvalue weighted by atomic mass is 35.5. The first-order valence-corrected chi connectivity index (χ1v) is 13.5. The molecule has 3 rings (SSSR count). The van der Waals surface area contributed by atoms with E-state index in [9.17, 15) is 18.0 Å². The number of fused-ring (bicyclic) bond motifs is 2. The van der Waals surface area contributed by atoms with E-state index in [1.165, 1.54) is 13.1 Å². The minimum absolute atomic E-state index is 0.0179. The summed E-state index contributed by atoms with van der Waals surface area (Å²) in [7, 11) is -1.35. The second kappa shape index (κ2) is 11.1. The molecule has 13 heteroatoms. The van der Waals surface area contributed by atoms with Gasteiger partial charge in [-0.2, -0.15) is 0 Å². The lowest BCUT2D eigenvalue weighted by atomic mass is 10.0. The van der Waals surface area contributed by atoms with Crippen molar-refractivity contribution in [2.75, 3.05) is 36.8 Å². The smallest absolute Gasteiger partial charge is 0.264 e. The van der Waals surface area contributed by atoms with Crippen LogP contribution in [0.4, 0.5) is 5.69 Å². The largest absolute Gasteiger partial charge is 0.385 e. The van der Waals surface area contributed by atoms with Crippen molar-refractivity contribution in [2.24, 2.45) is 5.16 Å². The number of hydrogen-bond acceptors (Lipinski definition) is 8. The average molecular weight is 529 g/mol. The Balaban J connectivity index is 1.79. The van der Waals surface area contributed by atoms with Crippen molar-refractivity contribution < 1.29 is 22.8 Å². The Kier molecular flexibility index (Phi) is 8.51. The molecular formula is C20H21ClN4O5S3. The second-order valence-corrected chi connectivity index (χ2v) is 10.5. The van der Waals surface area contributed by atoms with Crippen LogP contribution in [0.15, 0.2) is 52.5 Å². The molecule has 33 heavy (non-hydrogen) atoms. The van der Waals surface area contributed by atoms with E-state index in [0.29, 0.717) is 16.8 Å². The summed E-state index contributed by atoms with van der Waals surface area (Å²) in [6, 6.07) is 11.3. The van der Waals surface area contributed by atoms with Crippen molar-refractivity contribution in [2.45, 2.75) is 4.90 Å². The number of oxime groups is 1. The van der Waals surface area contributed by atoms with Crippen LogP contribution in [0.1, 0.15) is 11.1 Å². The van der Waals surface area contributed by atoms with E-state index in [2.05, 4.69) is 27.5 Å². The number of thiol groups is 1. The van der Waals surface area contributed by atoms with Crippen LogP contribution in [0.3, 0.4) is 0 Å². The lowest BCUT2D eigenvalue weighted by Gasteiger charge is -2.19. The van der Waals surface area contributed by atoms with Gasteiger partial charge in [0.05, 0.1) is 16.3 Å². The quantitative estimate of drug-likeness (QED) is 0.209. The Morgan fingerprint density at radius 3 is 2.55 bits per heavy atom. The zero-order valence-electron chi connectivity index (χ0n) is 17.4. The number of para-hydroxylation sites is 1. The minimum Gasteiger partial charge on any atom is -0.385 e. The van der Waals surface area contributed by atoms with Crippen LogP contribution >= 0.6 is 34.1 Å². The summed E-state index contributed by atoms with van der Waals surface area (Å²) in [5.74, 6) is -0.408. The minimum atomic E-state index is -3.90. The van der Waals surface area contributed by atoms with Gasteiger partial charge in [-0.3, -0.25) is 13.9 Å². The molecule has 9 nitrogen and oxygen atoms in total. The summed E-state index contributed by atoms with van der Waals surface area (Å²) >= 11 is 9.96. The summed E-state index contributed by atoms with van der Waals surface area (Å²) in [6.45, 7) is 0.0890. The first-order chi connectivity index (χ1) is 15.8. The van der Waals surface area contributed by atoms with Crippen molar-refractivity contribution in [3.63, 3.8) is 0 Å². The van der Waals surface area contributed by atoms with Gasteiger partial charge in [0.25, 0.3) is 15.9 Å². The van der Waals surface area contributed by atoms with Gasteiger partial charge in [0.1, 0.15) is 5.71 Å². The van der Waals surface area contributed by atoms with Gasteiger partial charge in [0.2, 0.25) is 5.91 Å². The SMILES string of the molecule is CN1c2ccccc2/C(=N\OCC(=O)NCCNC(=O)CSS)c2ccc(Cl)cc2S1(=O)=O. The number of anilines is 1. The molecule has 0 fully saturated rings. The van der Waals surface area contributed by atoms with Crippen LogP contribution < -0.4 is 14.9 Å². The van der Waals surface area contributed by atoms with Gasteiger partial charge in [-0.25, -0.2) is 8.42 Å². The molecule has 0 spiro atoms. The summed E-state index contributed by atoms with van der Waals surface area (Å²) in [4.78, 5) is 28.7. The average Bonchev–Trinajstić information content (AvgIpc) is 2.85. The first-order valence-electron chi connectivity index (χ1n) is 9.63. The van der Waals surface area contributed by atoms with Crippen LogP contribution in [0.5, 0.6) is 0 Å². The molecule has 2 amide bonds. The normalized spacial score (nSPS) is 15.2. The molecule has 0 aromatic heterocycles.